The standard InChI is InChI=1S/C20H27ClN2O4/c1-3-5-20(25)26-14-17(24)12-23(10-4-2)13-18-11-19(22-27-18)15-6-8-16(21)9-7-15/h4,6-9,17-18,24H,2-3,5,10-14H2,1H3. The molecule has 1 aliphatic heterocycles. The highest BCUT2D eigenvalue weighted by molar-refractivity contribution is 6.30. The van der Waals surface area contributed by atoms with E-state index in [0.717, 1.165) is 17.7 Å². The first kappa shape index (κ1) is 21.4. The van der Waals surface area contributed by atoms with E-state index in [-0.39, 0.29) is 18.7 Å². The summed E-state index contributed by atoms with van der Waals surface area (Å²) in [5, 5.41) is 15.0. The summed E-state index contributed by atoms with van der Waals surface area (Å²) >= 11 is 5.92. The van der Waals surface area contributed by atoms with Crippen LogP contribution in [0.5, 0.6) is 0 Å². The van der Waals surface area contributed by atoms with Crippen LogP contribution in [-0.2, 0) is 14.4 Å². The molecule has 0 aliphatic carbocycles. The second-order valence-electron chi connectivity index (χ2n) is 6.57. The minimum absolute atomic E-state index is 0.00940. The Labute approximate surface area is 165 Å². The Balaban J connectivity index is 1.81. The molecule has 1 heterocycles. The Morgan fingerprint density at radius 1 is 1.52 bits per heavy atom. The highest BCUT2D eigenvalue weighted by Gasteiger charge is 2.25. The molecule has 0 saturated carbocycles. The molecule has 2 rings (SSSR count). The van der Waals surface area contributed by atoms with Crippen LogP contribution in [0, 0.1) is 0 Å². The van der Waals surface area contributed by atoms with Gasteiger partial charge >= 0.3 is 5.97 Å². The largest absolute Gasteiger partial charge is 0.463 e. The third kappa shape index (κ3) is 7.33. The van der Waals surface area contributed by atoms with Crippen LogP contribution in [0.25, 0.3) is 0 Å². The minimum Gasteiger partial charge on any atom is -0.463 e. The van der Waals surface area contributed by atoms with Gasteiger partial charge in [0.2, 0.25) is 0 Å². The van der Waals surface area contributed by atoms with Crippen molar-refractivity contribution in [3.8, 4) is 0 Å². The topological polar surface area (TPSA) is 71.4 Å². The Morgan fingerprint density at radius 2 is 2.26 bits per heavy atom. The van der Waals surface area contributed by atoms with Crippen molar-refractivity contribution in [2.24, 2.45) is 5.16 Å². The number of benzene rings is 1. The fourth-order valence-corrected chi connectivity index (χ4v) is 2.98. The summed E-state index contributed by atoms with van der Waals surface area (Å²) in [4.78, 5) is 19.0. The molecular formula is C20H27ClN2O4. The Morgan fingerprint density at radius 3 is 2.93 bits per heavy atom. The van der Waals surface area contributed by atoms with Gasteiger partial charge in [-0.3, -0.25) is 9.69 Å². The van der Waals surface area contributed by atoms with Gasteiger partial charge in [-0.25, -0.2) is 0 Å². The third-order valence-corrected chi connectivity index (χ3v) is 4.37. The molecule has 1 aliphatic rings. The third-order valence-electron chi connectivity index (χ3n) is 4.12. The number of carbonyl (C=O) groups excluding carboxylic acids is 1. The maximum absolute atomic E-state index is 11.4. The van der Waals surface area contributed by atoms with E-state index >= 15 is 0 Å². The molecule has 0 fully saturated rings. The summed E-state index contributed by atoms with van der Waals surface area (Å²) in [5.74, 6) is -0.285. The average Bonchev–Trinajstić information content (AvgIpc) is 3.09. The number of ether oxygens (including phenoxy) is 1. The molecule has 0 saturated heterocycles. The predicted molar refractivity (Wildman–Crippen MR) is 106 cm³/mol. The van der Waals surface area contributed by atoms with E-state index in [1.165, 1.54) is 0 Å². The lowest BCUT2D eigenvalue weighted by Gasteiger charge is -2.25. The average molecular weight is 395 g/mol. The monoisotopic (exact) mass is 394 g/mol. The van der Waals surface area contributed by atoms with Gasteiger partial charge in [0.15, 0.2) is 0 Å². The molecule has 2 unspecified atom stereocenters. The summed E-state index contributed by atoms with van der Waals surface area (Å²) in [5.41, 5.74) is 1.87. The van der Waals surface area contributed by atoms with Crippen LogP contribution in [0.4, 0.5) is 0 Å². The lowest BCUT2D eigenvalue weighted by Crippen LogP contribution is -2.40. The second kappa shape index (κ2) is 11.1. The number of hydrogen-bond acceptors (Lipinski definition) is 6. The summed E-state index contributed by atoms with van der Waals surface area (Å²) in [6.07, 6.45) is 2.67. The van der Waals surface area contributed by atoms with E-state index in [9.17, 15) is 9.90 Å². The number of nitrogens with zero attached hydrogens (tertiary/aromatic N) is 2. The Kier molecular flexibility index (Phi) is 8.78. The minimum atomic E-state index is -0.760. The number of esters is 1. The molecule has 7 heteroatoms. The SMILES string of the molecule is C=CCN(CC(O)COC(=O)CCC)CC1CC(c2ccc(Cl)cc2)=NO1. The Bertz CT molecular complexity index is 648. The van der Waals surface area contributed by atoms with Crippen LogP contribution in [0.1, 0.15) is 31.7 Å². The van der Waals surface area contributed by atoms with Crippen molar-refractivity contribution in [1.82, 2.24) is 4.90 Å². The van der Waals surface area contributed by atoms with E-state index in [0.29, 0.717) is 37.5 Å². The van der Waals surface area contributed by atoms with Gasteiger partial charge in [0.1, 0.15) is 18.8 Å². The van der Waals surface area contributed by atoms with Crippen LogP contribution >= 0.6 is 11.6 Å². The molecular weight excluding hydrogens is 368 g/mol. The molecule has 6 nitrogen and oxygen atoms in total. The molecule has 0 radical (unpaired) electrons. The summed E-state index contributed by atoms with van der Waals surface area (Å²) in [7, 11) is 0. The summed E-state index contributed by atoms with van der Waals surface area (Å²) < 4.78 is 5.07. The number of rotatable bonds is 11. The first-order valence-corrected chi connectivity index (χ1v) is 9.55. The van der Waals surface area contributed by atoms with E-state index < -0.39 is 6.10 Å². The zero-order valence-corrected chi connectivity index (χ0v) is 16.4. The van der Waals surface area contributed by atoms with Gasteiger partial charge in [0.05, 0.1) is 5.71 Å². The van der Waals surface area contributed by atoms with Crippen LogP contribution < -0.4 is 0 Å². The van der Waals surface area contributed by atoms with Gasteiger partial charge in [0.25, 0.3) is 0 Å². The predicted octanol–water partition coefficient (Wildman–Crippen LogP) is 3.03. The van der Waals surface area contributed by atoms with Gasteiger partial charge in [-0.2, -0.15) is 0 Å². The molecule has 1 aromatic rings. The zero-order valence-electron chi connectivity index (χ0n) is 15.6. The van der Waals surface area contributed by atoms with Crippen LogP contribution in [0.2, 0.25) is 5.02 Å². The maximum Gasteiger partial charge on any atom is 0.305 e. The van der Waals surface area contributed by atoms with Crippen molar-refractivity contribution in [3.05, 3.63) is 47.5 Å². The van der Waals surface area contributed by atoms with Crippen molar-refractivity contribution >= 4 is 23.3 Å². The number of halogens is 1. The van der Waals surface area contributed by atoms with Gasteiger partial charge in [-0.1, -0.05) is 41.9 Å². The van der Waals surface area contributed by atoms with Crippen molar-refractivity contribution in [2.45, 2.75) is 38.4 Å². The quantitative estimate of drug-likeness (QED) is 0.461. The molecule has 0 bridgehead atoms. The van der Waals surface area contributed by atoms with Crippen LogP contribution in [-0.4, -0.2) is 60.1 Å². The van der Waals surface area contributed by atoms with Gasteiger partial charge < -0.3 is 14.7 Å². The van der Waals surface area contributed by atoms with E-state index in [2.05, 4.69) is 11.7 Å². The van der Waals surface area contributed by atoms with Gasteiger partial charge in [-0.15, -0.1) is 6.58 Å². The van der Waals surface area contributed by atoms with Gasteiger partial charge in [0, 0.05) is 37.5 Å². The number of aliphatic hydroxyl groups excluding tert-OH is 1. The van der Waals surface area contributed by atoms with Crippen molar-refractivity contribution in [1.29, 1.82) is 0 Å². The zero-order chi connectivity index (χ0) is 19.6. The molecule has 2 atom stereocenters. The lowest BCUT2D eigenvalue weighted by molar-refractivity contribution is -0.147. The number of carbonyl (C=O) groups is 1. The molecule has 1 N–H and O–H groups in total. The molecule has 27 heavy (non-hydrogen) atoms. The number of oxime groups is 1. The van der Waals surface area contributed by atoms with Crippen molar-refractivity contribution in [3.63, 3.8) is 0 Å². The lowest BCUT2D eigenvalue weighted by atomic mass is 10.0. The summed E-state index contributed by atoms with van der Waals surface area (Å²) in [6, 6.07) is 7.49. The summed E-state index contributed by atoms with van der Waals surface area (Å²) in [6.45, 7) is 7.21. The molecule has 0 aromatic heterocycles. The highest BCUT2D eigenvalue weighted by atomic mass is 35.5. The van der Waals surface area contributed by atoms with Crippen molar-refractivity contribution < 1.29 is 19.5 Å². The fourth-order valence-electron chi connectivity index (χ4n) is 2.85. The molecule has 1 aromatic carbocycles. The van der Waals surface area contributed by atoms with Crippen LogP contribution in [0.15, 0.2) is 42.1 Å². The number of hydrogen-bond donors (Lipinski definition) is 1. The molecule has 0 amide bonds. The second-order valence-corrected chi connectivity index (χ2v) is 7.01. The number of aliphatic hydroxyl groups is 1. The van der Waals surface area contributed by atoms with Crippen LogP contribution in [0.3, 0.4) is 0 Å². The highest BCUT2D eigenvalue weighted by Crippen LogP contribution is 2.19. The van der Waals surface area contributed by atoms with Gasteiger partial charge in [-0.05, 0) is 24.1 Å². The first-order valence-electron chi connectivity index (χ1n) is 9.17. The van der Waals surface area contributed by atoms with E-state index in [1.807, 2.05) is 36.1 Å². The maximum atomic E-state index is 11.4. The normalized spacial score (nSPS) is 17.3. The first-order chi connectivity index (χ1) is 13.0. The fraction of sp³-hybridized carbons (Fsp3) is 0.500. The smallest absolute Gasteiger partial charge is 0.305 e. The molecule has 0 spiro atoms. The molecule has 148 valence electrons. The van der Waals surface area contributed by atoms with Crippen molar-refractivity contribution in [2.75, 3.05) is 26.2 Å². The van der Waals surface area contributed by atoms with E-state index in [1.54, 1.807) is 6.08 Å². The Hall–Kier alpha value is -1.89. The van der Waals surface area contributed by atoms with E-state index in [4.69, 9.17) is 21.2 Å².